The van der Waals surface area contributed by atoms with Gasteiger partial charge in [-0.15, -0.1) is 0 Å². The normalized spacial score (nSPS) is 34.0. The van der Waals surface area contributed by atoms with Gasteiger partial charge >= 0.3 is 5.97 Å². The molecule has 3 aliphatic rings. The summed E-state index contributed by atoms with van der Waals surface area (Å²) in [7, 11) is 0. The summed E-state index contributed by atoms with van der Waals surface area (Å²) in [5.41, 5.74) is 2.19. The molecule has 1 aromatic rings. The Morgan fingerprint density at radius 3 is 3.00 bits per heavy atom. The molecule has 4 nitrogen and oxygen atoms in total. The van der Waals surface area contributed by atoms with Crippen LogP contribution in [0.3, 0.4) is 0 Å². The molecule has 2 aliphatic carbocycles. The van der Waals surface area contributed by atoms with Crippen LogP contribution in [0, 0.1) is 5.92 Å². The van der Waals surface area contributed by atoms with Gasteiger partial charge < -0.3 is 14.6 Å². The van der Waals surface area contributed by atoms with E-state index in [1.165, 1.54) is 12.5 Å². The zero-order chi connectivity index (χ0) is 15.5. The summed E-state index contributed by atoms with van der Waals surface area (Å²) < 4.78 is 11.6. The van der Waals surface area contributed by atoms with Crippen LogP contribution in [0.5, 0.6) is 11.5 Å². The molecule has 0 saturated carbocycles. The minimum Gasteiger partial charge on any atom is -0.504 e. The summed E-state index contributed by atoms with van der Waals surface area (Å²) >= 11 is 0. The van der Waals surface area contributed by atoms with Crippen molar-refractivity contribution in [1.29, 1.82) is 0 Å². The van der Waals surface area contributed by atoms with Crippen molar-refractivity contribution in [3.05, 3.63) is 35.4 Å². The molecule has 1 unspecified atom stereocenters. The molecule has 0 amide bonds. The van der Waals surface area contributed by atoms with Gasteiger partial charge in [0, 0.05) is 17.9 Å². The lowest BCUT2D eigenvalue weighted by Crippen LogP contribution is -2.54. The van der Waals surface area contributed by atoms with Crippen LogP contribution < -0.4 is 4.74 Å². The second kappa shape index (κ2) is 4.51. The highest BCUT2D eigenvalue weighted by Gasteiger charge is 2.59. The lowest BCUT2D eigenvalue weighted by atomic mass is 9.57. The van der Waals surface area contributed by atoms with Gasteiger partial charge in [0.2, 0.25) is 0 Å². The number of aromatic hydroxyl groups is 1. The van der Waals surface area contributed by atoms with Gasteiger partial charge in [-0.2, -0.15) is 0 Å². The first-order valence-electron chi connectivity index (χ1n) is 7.95. The van der Waals surface area contributed by atoms with Crippen molar-refractivity contribution < 1.29 is 19.4 Å². The Hall–Kier alpha value is -1.97. The molecule has 1 heterocycles. The van der Waals surface area contributed by atoms with E-state index in [1.54, 1.807) is 6.07 Å². The summed E-state index contributed by atoms with van der Waals surface area (Å²) in [4.78, 5) is 11.4. The van der Waals surface area contributed by atoms with Gasteiger partial charge in [0.1, 0.15) is 6.10 Å². The summed E-state index contributed by atoms with van der Waals surface area (Å²) in [6.45, 7) is 3.58. The summed E-state index contributed by atoms with van der Waals surface area (Å²) in [6.07, 6.45) is 6.44. The summed E-state index contributed by atoms with van der Waals surface area (Å²) in [6, 6.07) is 3.72. The zero-order valence-electron chi connectivity index (χ0n) is 12.8. The first-order chi connectivity index (χ1) is 10.6. The van der Waals surface area contributed by atoms with Crippen LogP contribution >= 0.6 is 0 Å². The van der Waals surface area contributed by atoms with E-state index < -0.39 is 6.10 Å². The van der Waals surface area contributed by atoms with E-state index in [0.29, 0.717) is 11.7 Å². The van der Waals surface area contributed by atoms with Crippen LogP contribution in [0.1, 0.15) is 37.8 Å². The lowest BCUT2D eigenvalue weighted by molar-refractivity contribution is -0.150. The van der Waals surface area contributed by atoms with Crippen molar-refractivity contribution in [2.75, 3.05) is 0 Å². The smallest absolute Gasteiger partial charge is 0.303 e. The van der Waals surface area contributed by atoms with Gasteiger partial charge in [0.15, 0.2) is 17.6 Å². The number of ether oxygens (including phenoxy) is 2. The molecule has 1 aliphatic heterocycles. The van der Waals surface area contributed by atoms with E-state index in [4.69, 9.17) is 9.47 Å². The van der Waals surface area contributed by atoms with Gasteiger partial charge in [-0.1, -0.05) is 19.1 Å². The van der Waals surface area contributed by atoms with E-state index in [-0.39, 0.29) is 23.2 Å². The minimum atomic E-state index is -0.397. The maximum Gasteiger partial charge on any atom is 0.303 e. The number of allylic oxidation sites excluding steroid dienone is 1. The van der Waals surface area contributed by atoms with Crippen LogP contribution in [0.25, 0.3) is 0 Å². The van der Waals surface area contributed by atoms with Gasteiger partial charge in [0.05, 0.1) is 0 Å². The quantitative estimate of drug-likeness (QED) is 0.674. The Labute approximate surface area is 129 Å². The van der Waals surface area contributed by atoms with Crippen LogP contribution in [0.15, 0.2) is 24.3 Å². The first-order valence-corrected chi connectivity index (χ1v) is 7.95. The number of hydrogen-bond donors (Lipinski definition) is 1. The summed E-state index contributed by atoms with van der Waals surface area (Å²) in [5.74, 6) is 0.835. The van der Waals surface area contributed by atoms with Crippen molar-refractivity contribution >= 4 is 5.97 Å². The van der Waals surface area contributed by atoms with Crippen molar-refractivity contribution in [3.63, 3.8) is 0 Å². The first kappa shape index (κ1) is 13.7. The third-order valence-electron chi connectivity index (χ3n) is 5.55. The number of carbonyl (C=O) groups is 1. The second-order valence-electron chi connectivity index (χ2n) is 6.48. The molecule has 4 heteroatoms. The van der Waals surface area contributed by atoms with Crippen molar-refractivity contribution in [3.8, 4) is 11.5 Å². The molecule has 0 fully saturated rings. The molecule has 22 heavy (non-hydrogen) atoms. The number of hydrogen-bond acceptors (Lipinski definition) is 4. The summed E-state index contributed by atoms with van der Waals surface area (Å²) in [5, 5.41) is 10.2. The predicted molar refractivity (Wildman–Crippen MR) is 81.0 cm³/mol. The maximum absolute atomic E-state index is 11.4. The Morgan fingerprint density at radius 1 is 1.45 bits per heavy atom. The van der Waals surface area contributed by atoms with Crippen molar-refractivity contribution in [2.45, 2.75) is 50.7 Å². The Bertz CT molecular complexity index is 678. The largest absolute Gasteiger partial charge is 0.504 e. The Kier molecular flexibility index (Phi) is 2.80. The monoisotopic (exact) mass is 300 g/mol. The lowest BCUT2D eigenvalue weighted by Gasteiger charge is -2.47. The number of benzene rings is 1. The topological polar surface area (TPSA) is 55.8 Å². The van der Waals surface area contributed by atoms with E-state index in [9.17, 15) is 9.90 Å². The van der Waals surface area contributed by atoms with Crippen LogP contribution in [0.4, 0.5) is 0 Å². The van der Waals surface area contributed by atoms with Crippen molar-refractivity contribution in [2.24, 2.45) is 5.92 Å². The number of esters is 1. The number of aryl methyl sites for hydroxylation is 1. The number of phenolic OH excluding ortho intramolecular Hbond substituents is 1. The zero-order valence-corrected chi connectivity index (χ0v) is 12.8. The molecular formula is C18H20O4. The fourth-order valence-corrected chi connectivity index (χ4v) is 4.70. The average Bonchev–Trinajstić information content (AvgIpc) is 2.86. The van der Waals surface area contributed by atoms with E-state index in [0.717, 1.165) is 24.8 Å². The van der Waals surface area contributed by atoms with E-state index in [2.05, 4.69) is 13.0 Å². The van der Waals surface area contributed by atoms with Crippen molar-refractivity contribution in [1.82, 2.24) is 0 Å². The average molecular weight is 300 g/mol. The maximum atomic E-state index is 11.4. The molecule has 0 bridgehead atoms. The highest BCUT2D eigenvalue weighted by atomic mass is 16.6. The highest BCUT2D eigenvalue weighted by Crippen LogP contribution is 2.60. The molecular weight excluding hydrogens is 280 g/mol. The molecule has 116 valence electrons. The fourth-order valence-electron chi connectivity index (χ4n) is 4.70. The van der Waals surface area contributed by atoms with E-state index >= 15 is 0 Å². The second-order valence-corrected chi connectivity index (χ2v) is 6.48. The van der Waals surface area contributed by atoms with Crippen LogP contribution in [-0.4, -0.2) is 23.3 Å². The standard InChI is InChI=1S/C18H20O4/c1-3-18-12-6-4-11-5-8-13(20)16(15(11)18)22-17(18)14(9-7-12)21-10(2)19/h5,7-9,12,14,17,20H,3-4,6H2,1-2H3/t12?,14-,17-,18-/m0/s1. The Balaban J connectivity index is 1.92. The van der Waals surface area contributed by atoms with Crippen LogP contribution in [-0.2, 0) is 21.4 Å². The molecule has 4 atom stereocenters. The predicted octanol–water partition coefficient (Wildman–Crippen LogP) is 2.86. The Morgan fingerprint density at radius 2 is 2.27 bits per heavy atom. The molecule has 0 aromatic heterocycles. The molecule has 0 saturated heterocycles. The fraction of sp³-hybridized carbons (Fsp3) is 0.500. The number of carbonyl (C=O) groups excluding carboxylic acids is 1. The van der Waals surface area contributed by atoms with Crippen LogP contribution in [0.2, 0.25) is 0 Å². The van der Waals surface area contributed by atoms with Gasteiger partial charge in [-0.25, -0.2) is 0 Å². The molecule has 0 spiro atoms. The van der Waals surface area contributed by atoms with Gasteiger partial charge in [-0.05, 0) is 42.9 Å². The molecule has 4 rings (SSSR count). The number of phenols is 1. The van der Waals surface area contributed by atoms with Gasteiger partial charge in [0.25, 0.3) is 0 Å². The molecule has 1 aromatic carbocycles. The number of rotatable bonds is 2. The molecule has 0 radical (unpaired) electrons. The third kappa shape index (κ3) is 1.55. The van der Waals surface area contributed by atoms with Gasteiger partial charge in [-0.3, -0.25) is 4.79 Å². The van der Waals surface area contributed by atoms with E-state index in [1.807, 2.05) is 12.1 Å². The molecule has 1 N–H and O–H groups in total. The SMILES string of the molecule is CC[C@]12c3c4ccc(O)c3O[C@H]1[C@@H](OC(C)=O)C=CC2CC4. The third-order valence-corrected chi connectivity index (χ3v) is 5.55. The highest BCUT2D eigenvalue weighted by molar-refractivity contribution is 5.67. The minimum absolute atomic E-state index is 0.184.